The van der Waals surface area contributed by atoms with Gasteiger partial charge in [-0.15, -0.1) is 11.8 Å². The van der Waals surface area contributed by atoms with E-state index in [4.69, 9.17) is 5.10 Å². The van der Waals surface area contributed by atoms with Crippen molar-refractivity contribution < 1.29 is 9.59 Å². The standard InChI is InChI=1S/C32H35N5O2S/c1-21-11-13-25(14-12-21)37-31-28(30(35-37)32(3,4)5)29(24-10-6-8-22(2)16-24)40-20-27(39)36(31)19-26(38)34-18-23-9-7-15-33-17-23/h6-17,29H,18-20H2,1-5H3,(H,34,38). The van der Waals surface area contributed by atoms with Gasteiger partial charge in [-0.05, 0) is 43.2 Å². The number of anilines is 1. The second-order valence-electron chi connectivity index (χ2n) is 11.3. The molecule has 1 atom stereocenters. The van der Waals surface area contributed by atoms with E-state index in [-0.39, 0.29) is 34.8 Å². The summed E-state index contributed by atoms with van der Waals surface area (Å²) >= 11 is 1.59. The van der Waals surface area contributed by atoms with E-state index in [9.17, 15) is 9.59 Å². The summed E-state index contributed by atoms with van der Waals surface area (Å²) in [5.74, 6) is 0.551. The van der Waals surface area contributed by atoms with Crippen LogP contribution in [0.3, 0.4) is 0 Å². The summed E-state index contributed by atoms with van der Waals surface area (Å²) in [4.78, 5) is 32.8. The smallest absolute Gasteiger partial charge is 0.240 e. The summed E-state index contributed by atoms with van der Waals surface area (Å²) < 4.78 is 1.86. The summed E-state index contributed by atoms with van der Waals surface area (Å²) in [5, 5.41) is 8.01. The van der Waals surface area contributed by atoms with E-state index < -0.39 is 0 Å². The Bertz CT molecular complexity index is 1520. The average molecular weight is 554 g/mol. The second-order valence-corrected chi connectivity index (χ2v) is 12.4. The number of carbonyl (C=O) groups is 2. The molecule has 4 aromatic rings. The lowest BCUT2D eigenvalue weighted by Gasteiger charge is -2.24. The van der Waals surface area contributed by atoms with Gasteiger partial charge in [0.1, 0.15) is 12.4 Å². The third-order valence-corrected chi connectivity index (χ3v) is 8.19. The van der Waals surface area contributed by atoms with Crippen LogP contribution in [-0.4, -0.2) is 38.9 Å². The summed E-state index contributed by atoms with van der Waals surface area (Å²) in [5.41, 5.74) is 6.75. The van der Waals surface area contributed by atoms with E-state index in [1.807, 2.05) is 48.0 Å². The van der Waals surface area contributed by atoms with Gasteiger partial charge in [0.15, 0.2) is 0 Å². The summed E-state index contributed by atoms with van der Waals surface area (Å²) in [7, 11) is 0. The Kier molecular flexibility index (Phi) is 7.81. The Balaban J connectivity index is 1.65. The summed E-state index contributed by atoms with van der Waals surface area (Å²) in [6.07, 6.45) is 3.42. The van der Waals surface area contributed by atoms with Crippen molar-refractivity contribution in [1.29, 1.82) is 0 Å². The number of pyridine rings is 1. The fraction of sp³-hybridized carbons (Fsp3) is 0.312. The van der Waals surface area contributed by atoms with Gasteiger partial charge in [-0.1, -0.05) is 74.4 Å². The molecule has 40 heavy (non-hydrogen) atoms. The molecule has 3 heterocycles. The lowest BCUT2D eigenvalue weighted by molar-refractivity contribution is -0.123. The van der Waals surface area contributed by atoms with Crippen molar-refractivity contribution in [3.8, 4) is 5.69 Å². The average Bonchev–Trinajstić information content (AvgIpc) is 3.26. The van der Waals surface area contributed by atoms with E-state index in [0.29, 0.717) is 12.4 Å². The topological polar surface area (TPSA) is 80.1 Å². The first-order chi connectivity index (χ1) is 19.1. The molecule has 2 aromatic heterocycles. The molecule has 0 saturated heterocycles. The molecule has 8 heteroatoms. The highest BCUT2D eigenvalue weighted by molar-refractivity contribution is 8.00. The Morgan fingerprint density at radius 2 is 1.82 bits per heavy atom. The van der Waals surface area contributed by atoms with Crippen molar-refractivity contribution in [2.24, 2.45) is 0 Å². The third-order valence-electron chi connectivity index (χ3n) is 6.94. The number of rotatable bonds is 6. The largest absolute Gasteiger partial charge is 0.350 e. The molecule has 206 valence electrons. The number of hydrogen-bond acceptors (Lipinski definition) is 5. The normalized spacial score (nSPS) is 15.5. The minimum atomic E-state index is -0.301. The predicted molar refractivity (Wildman–Crippen MR) is 161 cm³/mol. The zero-order chi connectivity index (χ0) is 28.4. The number of nitrogens with zero attached hydrogens (tertiary/aromatic N) is 4. The number of hydrogen-bond donors (Lipinski definition) is 1. The molecule has 0 fully saturated rings. The highest BCUT2D eigenvalue weighted by Crippen LogP contribution is 2.48. The Hall–Kier alpha value is -3.91. The van der Waals surface area contributed by atoms with Crippen LogP contribution in [0.15, 0.2) is 73.1 Å². The van der Waals surface area contributed by atoms with Gasteiger partial charge in [0.05, 0.1) is 22.4 Å². The van der Waals surface area contributed by atoms with Crippen molar-refractivity contribution in [2.75, 3.05) is 17.2 Å². The van der Waals surface area contributed by atoms with Crippen LogP contribution in [0.25, 0.3) is 5.69 Å². The minimum absolute atomic E-state index is 0.103. The molecule has 2 amide bonds. The van der Waals surface area contributed by atoms with Crippen LogP contribution >= 0.6 is 11.8 Å². The Labute approximate surface area is 240 Å². The van der Waals surface area contributed by atoms with Gasteiger partial charge >= 0.3 is 0 Å². The predicted octanol–water partition coefficient (Wildman–Crippen LogP) is 5.67. The van der Waals surface area contributed by atoms with Crippen molar-refractivity contribution >= 4 is 29.4 Å². The summed E-state index contributed by atoms with van der Waals surface area (Å²) in [6.45, 7) is 10.8. The minimum Gasteiger partial charge on any atom is -0.350 e. The first-order valence-electron chi connectivity index (χ1n) is 13.5. The molecule has 0 aliphatic carbocycles. The number of carbonyl (C=O) groups excluding carboxylic acids is 2. The van der Waals surface area contributed by atoms with Crippen LogP contribution in [0.2, 0.25) is 0 Å². The molecule has 2 aromatic carbocycles. The molecule has 1 aliphatic heterocycles. The van der Waals surface area contributed by atoms with Crippen LogP contribution in [0.1, 0.15) is 59.5 Å². The molecule has 0 saturated carbocycles. The maximum atomic E-state index is 13.8. The zero-order valence-corrected chi connectivity index (χ0v) is 24.5. The fourth-order valence-corrected chi connectivity index (χ4v) is 6.13. The number of aromatic nitrogens is 3. The van der Waals surface area contributed by atoms with Crippen molar-refractivity contribution in [2.45, 2.75) is 51.8 Å². The molecule has 7 nitrogen and oxygen atoms in total. The molecule has 1 aliphatic rings. The molecule has 1 unspecified atom stereocenters. The molecular weight excluding hydrogens is 518 g/mol. The van der Waals surface area contributed by atoms with Gasteiger partial charge < -0.3 is 5.32 Å². The van der Waals surface area contributed by atoms with E-state index >= 15 is 0 Å². The quantitative estimate of drug-likeness (QED) is 0.333. The number of amides is 2. The van der Waals surface area contributed by atoms with Gasteiger partial charge in [0, 0.05) is 29.9 Å². The Morgan fingerprint density at radius 1 is 1.05 bits per heavy atom. The number of aryl methyl sites for hydroxylation is 2. The lowest BCUT2D eigenvalue weighted by Crippen LogP contribution is -2.42. The number of nitrogens with one attached hydrogen (secondary N) is 1. The molecule has 5 rings (SSSR count). The number of benzene rings is 2. The van der Waals surface area contributed by atoms with E-state index in [2.05, 4.69) is 62.3 Å². The maximum Gasteiger partial charge on any atom is 0.240 e. The van der Waals surface area contributed by atoms with Crippen LogP contribution in [0.5, 0.6) is 0 Å². The van der Waals surface area contributed by atoms with E-state index in [1.165, 1.54) is 0 Å². The van der Waals surface area contributed by atoms with Crippen molar-refractivity contribution in [3.63, 3.8) is 0 Å². The zero-order valence-electron chi connectivity index (χ0n) is 23.6. The third kappa shape index (κ3) is 5.82. The maximum absolute atomic E-state index is 13.8. The van der Waals surface area contributed by atoms with E-state index in [0.717, 1.165) is 39.2 Å². The first kappa shape index (κ1) is 27.6. The molecular formula is C32H35N5O2S. The molecule has 0 radical (unpaired) electrons. The second kappa shape index (κ2) is 11.3. The number of fused-ring (bicyclic) bond motifs is 1. The number of thioether (sulfide) groups is 1. The van der Waals surface area contributed by atoms with Crippen LogP contribution in [0, 0.1) is 13.8 Å². The van der Waals surface area contributed by atoms with Gasteiger partial charge in [-0.25, -0.2) is 4.68 Å². The molecule has 1 N–H and O–H groups in total. The van der Waals surface area contributed by atoms with Crippen LogP contribution < -0.4 is 10.2 Å². The first-order valence-corrected chi connectivity index (χ1v) is 14.5. The Morgan fingerprint density at radius 3 is 2.50 bits per heavy atom. The monoisotopic (exact) mass is 553 g/mol. The SMILES string of the molecule is Cc1ccc(-n2nc(C(C)(C)C)c3c2N(CC(=O)NCc2cccnc2)C(=O)CSC3c2cccc(C)c2)cc1. The van der Waals surface area contributed by atoms with Gasteiger partial charge in [0.2, 0.25) is 11.8 Å². The van der Waals surface area contributed by atoms with Gasteiger partial charge in [-0.3, -0.25) is 19.5 Å². The van der Waals surface area contributed by atoms with Crippen molar-refractivity contribution in [1.82, 2.24) is 20.1 Å². The lowest BCUT2D eigenvalue weighted by atomic mass is 9.87. The highest BCUT2D eigenvalue weighted by atomic mass is 32.2. The van der Waals surface area contributed by atoms with Crippen LogP contribution in [0.4, 0.5) is 5.82 Å². The molecule has 0 bridgehead atoms. The van der Waals surface area contributed by atoms with Gasteiger partial charge in [-0.2, -0.15) is 5.10 Å². The summed E-state index contributed by atoms with van der Waals surface area (Å²) in [6, 6.07) is 20.3. The molecule has 0 spiro atoms. The van der Waals surface area contributed by atoms with Crippen molar-refractivity contribution in [3.05, 3.63) is 107 Å². The fourth-order valence-electron chi connectivity index (χ4n) is 4.94. The van der Waals surface area contributed by atoms with Gasteiger partial charge in [0.25, 0.3) is 0 Å². The van der Waals surface area contributed by atoms with Crippen LogP contribution in [-0.2, 0) is 21.5 Å². The highest BCUT2D eigenvalue weighted by Gasteiger charge is 2.39. The van der Waals surface area contributed by atoms with E-state index in [1.54, 1.807) is 29.1 Å².